The first-order chi connectivity index (χ1) is 19.5. The van der Waals surface area contributed by atoms with E-state index in [4.69, 9.17) is 4.42 Å². The number of nitrogens with zero attached hydrogens (tertiary/aromatic N) is 2. The fourth-order valence-corrected chi connectivity index (χ4v) is 5.47. The third-order valence-electron chi connectivity index (χ3n) is 7.65. The number of carbonyl (C=O) groups excluding carboxylic acids is 2. The molecule has 2 heterocycles. The number of hydrazine groups is 1. The van der Waals surface area contributed by atoms with Crippen molar-refractivity contribution in [2.45, 2.75) is 57.4 Å². The second-order valence-corrected chi connectivity index (χ2v) is 10.3. The summed E-state index contributed by atoms with van der Waals surface area (Å²) in [5, 5.41) is 14.2. The molecule has 9 nitrogen and oxygen atoms in total. The summed E-state index contributed by atoms with van der Waals surface area (Å²) in [6.45, 7) is 0.584. The molecule has 1 aliphatic rings. The molecule has 2 aromatic carbocycles. The summed E-state index contributed by atoms with van der Waals surface area (Å²) in [6.07, 6.45) is 7.44. The minimum Gasteiger partial charge on any atom is -0.481 e. The number of aliphatic carboxylic acids is 1. The zero-order valence-electron chi connectivity index (χ0n) is 22.9. The van der Waals surface area contributed by atoms with Crippen LogP contribution in [0, 0.1) is 11.8 Å². The van der Waals surface area contributed by atoms with E-state index in [0.29, 0.717) is 44.3 Å². The number of nitrogens with one attached hydrogen (secondary N) is 2. The van der Waals surface area contributed by atoms with Crippen LogP contribution in [0.2, 0.25) is 0 Å². The van der Waals surface area contributed by atoms with Gasteiger partial charge in [0.05, 0.1) is 5.92 Å². The number of rotatable bonds is 13. The van der Waals surface area contributed by atoms with Gasteiger partial charge in [0.1, 0.15) is 18.0 Å². The van der Waals surface area contributed by atoms with Crippen LogP contribution in [0.5, 0.6) is 0 Å². The zero-order chi connectivity index (χ0) is 28.3. The summed E-state index contributed by atoms with van der Waals surface area (Å²) in [4.78, 5) is 43.2. The Morgan fingerprint density at radius 1 is 1.07 bits per heavy atom. The third-order valence-corrected chi connectivity index (χ3v) is 7.65. The molecule has 0 unspecified atom stereocenters. The van der Waals surface area contributed by atoms with Gasteiger partial charge in [0.15, 0.2) is 6.39 Å². The second-order valence-electron chi connectivity index (χ2n) is 10.3. The van der Waals surface area contributed by atoms with E-state index in [1.54, 1.807) is 13.3 Å². The smallest absolute Gasteiger partial charge is 0.306 e. The van der Waals surface area contributed by atoms with Crippen LogP contribution in [0.25, 0.3) is 11.3 Å². The first kappa shape index (κ1) is 29.0. The Morgan fingerprint density at radius 2 is 1.85 bits per heavy atom. The first-order valence-electron chi connectivity index (χ1n) is 14.0. The maximum Gasteiger partial charge on any atom is 0.306 e. The number of amides is 2. The Balaban J connectivity index is 1.53. The van der Waals surface area contributed by atoms with E-state index in [1.807, 2.05) is 54.6 Å². The molecule has 0 aliphatic carbocycles. The number of carbonyl (C=O) groups is 3. The normalized spacial score (nSPS) is 16.7. The van der Waals surface area contributed by atoms with Gasteiger partial charge in [0.2, 0.25) is 11.8 Å². The highest BCUT2D eigenvalue weighted by Gasteiger charge is 2.37. The molecule has 212 valence electrons. The lowest BCUT2D eigenvalue weighted by molar-refractivity contribution is -0.151. The summed E-state index contributed by atoms with van der Waals surface area (Å²) in [7, 11) is 1.56. The Morgan fingerprint density at radius 3 is 2.58 bits per heavy atom. The summed E-state index contributed by atoms with van der Waals surface area (Å²) in [6, 6.07) is 17.2. The molecule has 1 aliphatic heterocycles. The van der Waals surface area contributed by atoms with Crippen LogP contribution in [-0.2, 0) is 27.2 Å². The molecule has 1 saturated heterocycles. The molecule has 0 bridgehead atoms. The predicted molar refractivity (Wildman–Crippen MR) is 151 cm³/mol. The van der Waals surface area contributed by atoms with Crippen LogP contribution in [-0.4, -0.2) is 52.5 Å². The maximum atomic E-state index is 14.0. The highest BCUT2D eigenvalue weighted by atomic mass is 16.4. The molecule has 4 rings (SSSR count). The van der Waals surface area contributed by atoms with Crippen molar-refractivity contribution in [2.75, 3.05) is 13.6 Å². The summed E-state index contributed by atoms with van der Waals surface area (Å²) in [5.74, 6) is -2.62. The molecular weight excluding hydrogens is 508 g/mol. The van der Waals surface area contributed by atoms with Crippen LogP contribution in [0.15, 0.2) is 71.7 Å². The largest absolute Gasteiger partial charge is 0.481 e. The fourth-order valence-electron chi connectivity index (χ4n) is 5.47. The van der Waals surface area contributed by atoms with Gasteiger partial charge < -0.3 is 14.8 Å². The van der Waals surface area contributed by atoms with E-state index in [0.717, 1.165) is 29.5 Å². The van der Waals surface area contributed by atoms with Gasteiger partial charge in [-0.3, -0.25) is 19.4 Å². The third kappa shape index (κ3) is 7.57. The van der Waals surface area contributed by atoms with Crippen molar-refractivity contribution in [2.24, 2.45) is 11.8 Å². The van der Waals surface area contributed by atoms with Gasteiger partial charge in [0.25, 0.3) is 0 Å². The Bertz CT molecular complexity index is 1250. The first-order valence-corrected chi connectivity index (χ1v) is 14.0. The van der Waals surface area contributed by atoms with E-state index in [2.05, 4.69) is 15.7 Å². The molecule has 3 N–H and O–H groups in total. The molecule has 9 heteroatoms. The molecule has 0 radical (unpaired) electrons. The average Bonchev–Trinajstić information content (AvgIpc) is 3.53. The van der Waals surface area contributed by atoms with Crippen molar-refractivity contribution >= 4 is 17.8 Å². The van der Waals surface area contributed by atoms with Crippen molar-refractivity contribution in [3.63, 3.8) is 0 Å². The number of aryl methyl sites for hydroxylation is 2. The number of hydrogen-bond acceptors (Lipinski definition) is 6. The van der Waals surface area contributed by atoms with Gasteiger partial charge in [-0.15, -0.1) is 0 Å². The van der Waals surface area contributed by atoms with E-state index < -0.39 is 23.8 Å². The van der Waals surface area contributed by atoms with Crippen molar-refractivity contribution in [3.8, 4) is 11.3 Å². The summed E-state index contributed by atoms with van der Waals surface area (Å²) >= 11 is 0. The fraction of sp³-hybridized carbons (Fsp3) is 0.419. The lowest BCUT2D eigenvalue weighted by Crippen LogP contribution is -2.59. The Kier molecular flexibility index (Phi) is 10.5. The van der Waals surface area contributed by atoms with Gasteiger partial charge in [-0.1, -0.05) is 54.6 Å². The highest BCUT2D eigenvalue weighted by Crippen LogP contribution is 2.29. The van der Waals surface area contributed by atoms with Gasteiger partial charge >= 0.3 is 5.97 Å². The molecule has 1 fully saturated rings. The number of hydrogen-bond donors (Lipinski definition) is 3. The van der Waals surface area contributed by atoms with Gasteiger partial charge in [-0.2, -0.15) is 0 Å². The monoisotopic (exact) mass is 546 g/mol. The maximum absolute atomic E-state index is 14.0. The molecule has 0 saturated carbocycles. The van der Waals surface area contributed by atoms with Crippen molar-refractivity contribution in [1.29, 1.82) is 0 Å². The Labute approximate surface area is 235 Å². The lowest BCUT2D eigenvalue weighted by Gasteiger charge is -2.37. The second kappa shape index (κ2) is 14.4. The van der Waals surface area contributed by atoms with Crippen LogP contribution in [0.1, 0.15) is 49.7 Å². The molecular formula is C31H38N4O5. The highest BCUT2D eigenvalue weighted by molar-refractivity contribution is 5.88. The van der Waals surface area contributed by atoms with E-state index in [9.17, 15) is 19.5 Å². The number of carboxylic acid groups (broad SMARTS) is 1. The van der Waals surface area contributed by atoms with E-state index >= 15 is 0 Å². The molecule has 40 heavy (non-hydrogen) atoms. The minimum atomic E-state index is -0.900. The van der Waals surface area contributed by atoms with Crippen LogP contribution in [0.4, 0.5) is 0 Å². The standard InChI is InChI=1S/C31H38N4O5/c1-32-29(36)28-15-8-18-34-35(28)30(37)24(17-16-23-12-5-6-14-26(23)27-20-40-21-33-27)19-25(31(38)39)13-7-11-22-9-3-2-4-10-22/h2-6,9-10,12,14,20-21,24-25,28,34H,7-8,11,13,15-19H2,1H3,(H,32,36)(H,38,39)/t24-,25+,28+/m1/s1. The van der Waals surface area contributed by atoms with Crippen LogP contribution >= 0.6 is 0 Å². The Hall–Kier alpha value is -3.98. The van der Waals surface area contributed by atoms with E-state index in [1.165, 1.54) is 11.4 Å². The molecule has 3 atom stereocenters. The predicted octanol–water partition coefficient (Wildman–Crippen LogP) is 4.25. The van der Waals surface area contributed by atoms with Gasteiger partial charge in [-0.05, 0) is 62.5 Å². The quantitative estimate of drug-likeness (QED) is 0.293. The molecule has 1 aromatic heterocycles. The molecule has 3 aromatic rings. The van der Waals surface area contributed by atoms with Crippen LogP contribution in [0.3, 0.4) is 0 Å². The summed E-state index contributed by atoms with van der Waals surface area (Å²) in [5.41, 5.74) is 6.90. The number of benzene rings is 2. The number of likely N-dealkylation sites (N-methyl/N-ethyl adjacent to an activating group) is 1. The minimum absolute atomic E-state index is 0.202. The zero-order valence-corrected chi connectivity index (χ0v) is 22.9. The molecule has 2 amide bonds. The lowest BCUT2D eigenvalue weighted by atomic mass is 9.85. The van der Waals surface area contributed by atoms with E-state index in [-0.39, 0.29) is 18.2 Å². The van der Waals surface area contributed by atoms with Crippen molar-refractivity contribution in [1.82, 2.24) is 20.7 Å². The van der Waals surface area contributed by atoms with Crippen molar-refractivity contribution < 1.29 is 23.9 Å². The van der Waals surface area contributed by atoms with Crippen LogP contribution < -0.4 is 10.7 Å². The number of oxazole rings is 1. The SMILES string of the molecule is CNC(=O)[C@@H]1CCCNN1C(=O)[C@H](CCc1ccccc1-c1cocn1)C[C@H](CCCc1ccccc1)C(=O)O. The number of aromatic nitrogens is 1. The summed E-state index contributed by atoms with van der Waals surface area (Å²) < 4.78 is 5.18. The number of carboxylic acids is 1. The van der Waals surface area contributed by atoms with Crippen molar-refractivity contribution in [3.05, 3.63) is 78.4 Å². The average molecular weight is 547 g/mol. The van der Waals surface area contributed by atoms with Gasteiger partial charge in [0, 0.05) is 25.1 Å². The van der Waals surface area contributed by atoms with Gasteiger partial charge in [-0.25, -0.2) is 10.4 Å². The molecule has 0 spiro atoms. The topological polar surface area (TPSA) is 125 Å².